The molecule has 32 heavy (non-hydrogen) atoms. The van der Waals surface area contributed by atoms with Crippen molar-refractivity contribution in [1.29, 1.82) is 0 Å². The van der Waals surface area contributed by atoms with Crippen molar-refractivity contribution < 1.29 is 24.0 Å². The van der Waals surface area contributed by atoms with Gasteiger partial charge in [0.25, 0.3) is 5.69 Å². The van der Waals surface area contributed by atoms with Gasteiger partial charge in [-0.3, -0.25) is 19.7 Å². The molecule has 0 N–H and O–H groups in total. The van der Waals surface area contributed by atoms with Gasteiger partial charge in [-0.2, -0.15) is 0 Å². The second-order valence-electron chi connectivity index (χ2n) is 8.03. The van der Waals surface area contributed by atoms with Gasteiger partial charge in [0, 0.05) is 68.7 Å². The molecule has 10 nitrogen and oxygen atoms in total. The van der Waals surface area contributed by atoms with Gasteiger partial charge in [0.2, 0.25) is 18.6 Å². The molecule has 2 aromatic carbocycles. The molecule has 2 amide bonds. The maximum absolute atomic E-state index is 13.1. The summed E-state index contributed by atoms with van der Waals surface area (Å²) in [5.41, 5.74) is 1.66. The van der Waals surface area contributed by atoms with Crippen molar-refractivity contribution in [2.75, 3.05) is 49.3 Å². The number of nitro benzene ring substituents is 1. The van der Waals surface area contributed by atoms with Crippen LogP contribution in [0.25, 0.3) is 0 Å². The summed E-state index contributed by atoms with van der Waals surface area (Å²) in [5, 5.41) is 10.8. The number of fused-ring (bicyclic) bond motifs is 1. The first kappa shape index (κ1) is 20.1. The first-order chi connectivity index (χ1) is 15.5. The standard InChI is InChI=1S/C22H22N4O6/c27-21-11-15(13-25(21)18-5-6-19-20(12-18)32-14-31-19)22(28)24-9-7-23(8-10-24)16-1-3-17(4-2-16)26(29)30/h1-6,12,15H,7-11,13-14H2. The quantitative estimate of drug-likeness (QED) is 0.531. The van der Waals surface area contributed by atoms with E-state index in [4.69, 9.17) is 9.47 Å². The number of piperazine rings is 1. The van der Waals surface area contributed by atoms with Gasteiger partial charge in [0.1, 0.15) is 0 Å². The molecule has 1 unspecified atom stereocenters. The molecule has 3 aliphatic heterocycles. The maximum atomic E-state index is 13.1. The number of amides is 2. The minimum atomic E-state index is -0.420. The summed E-state index contributed by atoms with van der Waals surface area (Å²) < 4.78 is 10.7. The van der Waals surface area contributed by atoms with Crippen LogP contribution in [0.3, 0.4) is 0 Å². The number of hydrogen-bond donors (Lipinski definition) is 0. The predicted molar refractivity (Wildman–Crippen MR) is 115 cm³/mol. The van der Waals surface area contributed by atoms with Gasteiger partial charge in [0.05, 0.1) is 10.8 Å². The fourth-order valence-electron chi connectivity index (χ4n) is 4.40. The number of anilines is 2. The fraction of sp³-hybridized carbons (Fsp3) is 0.364. The summed E-state index contributed by atoms with van der Waals surface area (Å²) in [7, 11) is 0. The molecule has 0 radical (unpaired) electrons. The largest absolute Gasteiger partial charge is 0.454 e. The molecule has 2 fully saturated rings. The molecule has 10 heteroatoms. The Morgan fingerprint density at radius 2 is 1.66 bits per heavy atom. The smallest absolute Gasteiger partial charge is 0.269 e. The van der Waals surface area contributed by atoms with Gasteiger partial charge in [0.15, 0.2) is 11.5 Å². The number of rotatable bonds is 4. The van der Waals surface area contributed by atoms with Crippen LogP contribution in [-0.2, 0) is 9.59 Å². The van der Waals surface area contributed by atoms with Gasteiger partial charge < -0.3 is 24.2 Å². The van der Waals surface area contributed by atoms with Gasteiger partial charge >= 0.3 is 0 Å². The summed E-state index contributed by atoms with van der Waals surface area (Å²) in [6, 6.07) is 11.8. The Bertz CT molecular complexity index is 1060. The highest BCUT2D eigenvalue weighted by Crippen LogP contribution is 2.37. The molecule has 2 saturated heterocycles. The first-order valence-electron chi connectivity index (χ1n) is 10.5. The van der Waals surface area contributed by atoms with E-state index in [9.17, 15) is 19.7 Å². The van der Waals surface area contributed by atoms with E-state index in [1.807, 2.05) is 4.90 Å². The number of non-ortho nitro benzene ring substituents is 1. The highest BCUT2D eigenvalue weighted by atomic mass is 16.7. The maximum Gasteiger partial charge on any atom is 0.269 e. The van der Waals surface area contributed by atoms with Crippen LogP contribution in [0.4, 0.5) is 17.1 Å². The second-order valence-corrected chi connectivity index (χ2v) is 8.03. The van der Waals surface area contributed by atoms with E-state index in [1.54, 1.807) is 35.2 Å². The molecule has 3 heterocycles. The van der Waals surface area contributed by atoms with E-state index in [-0.39, 0.29) is 36.6 Å². The van der Waals surface area contributed by atoms with Crippen molar-refractivity contribution in [3.8, 4) is 11.5 Å². The first-order valence-corrected chi connectivity index (χ1v) is 10.5. The average Bonchev–Trinajstić information content (AvgIpc) is 3.44. The highest BCUT2D eigenvalue weighted by Gasteiger charge is 2.38. The summed E-state index contributed by atoms with van der Waals surface area (Å²) in [5.74, 6) is 0.793. The van der Waals surface area contributed by atoms with E-state index >= 15 is 0 Å². The number of carbonyl (C=O) groups excluding carboxylic acids is 2. The van der Waals surface area contributed by atoms with Crippen molar-refractivity contribution in [1.82, 2.24) is 4.90 Å². The SMILES string of the molecule is O=C(C1CC(=O)N(c2ccc3c(c2)OCO3)C1)N1CCN(c2ccc([N+](=O)[O-])cc2)CC1. The van der Waals surface area contributed by atoms with Crippen LogP contribution >= 0.6 is 0 Å². The van der Waals surface area contributed by atoms with Crippen LogP contribution in [0, 0.1) is 16.0 Å². The molecule has 3 aliphatic rings. The zero-order chi connectivity index (χ0) is 22.2. The number of ether oxygens (including phenoxy) is 2. The van der Waals surface area contributed by atoms with E-state index < -0.39 is 4.92 Å². The lowest BCUT2D eigenvalue weighted by Gasteiger charge is -2.37. The molecular weight excluding hydrogens is 416 g/mol. The molecule has 0 saturated carbocycles. The predicted octanol–water partition coefficient (Wildman–Crippen LogP) is 2.03. The monoisotopic (exact) mass is 438 g/mol. The molecule has 1 atom stereocenters. The highest BCUT2D eigenvalue weighted by molar-refractivity contribution is 6.00. The number of carbonyl (C=O) groups is 2. The molecule has 0 bridgehead atoms. The van der Waals surface area contributed by atoms with Crippen LogP contribution in [0.5, 0.6) is 11.5 Å². The zero-order valence-electron chi connectivity index (χ0n) is 17.3. The van der Waals surface area contributed by atoms with Crippen molar-refractivity contribution >= 4 is 28.9 Å². The molecule has 166 valence electrons. The van der Waals surface area contributed by atoms with E-state index in [1.165, 1.54) is 12.1 Å². The number of hydrogen-bond acceptors (Lipinski definition) is 7. The van der Waals surface area contributed by atoms with Gasteiger partial charge in [-0.25, -0.2) is 0 Å². The van der Waals surface area contributed by atoms with Crippen LogP contribution in [0.2, 0.25) is 0 Å². The van der Waals surface area contributed by atoms with Gasteiger partial charge in [-0.05, 0) is 24.3 Å². The van der Waals surface area contributed by atoms with Crippen LogP contribution in [0.15, 0.2) is 42.5 Å². The molecular formula is C22H22N4O6. The Morgan fingerprint density at radius 1 is 0.969 bits per heavy atom. The third kappa shape index (κ3) is 3.68. The number of nitro groups is 1. The normalized spacial score (nSPS) is 20.1. The van der Waals surface area contributed by atoms with Crippen molar-refractivity contribution in [2.45, 2.75) is 6.42 Å². The topological polar surface area (TPSA) is 105 Å². The third-order valence-electron chi connectivity index (χ3n) is 6.16. The van der Waals surface area contributed by atoms with Crippen LogP contribution in [-0.4, -0.2) is 61.2 Å². The Labute approximate surface area is 184 Å². The molecule has 0 spiro atoms. The molecule has 0 aliphatic carbocycles. The Hall–Kier alpha value is -3.82. The Balaban J connectivity index is 1.19. The van der Waals surface area contributed by atoms with E-state index in [0.29, 0.717) is 49.9 Å². The van der Waals surface area contributed by atoms with Crippen molar-refractivity contribution in [3.05, 3.63) is 52.6 Å². The van der Waals surface area contributed by atoms with Crippen LogP contribution < -0.4 is 19.3 Å². The molecule has 2 aromatic rings. The van der Waals surface area contributed by atoms with Crippen molar-refractivity contribution in [2.24, 2.45) is 5.92 Å². The van der Waals surface area contributed by atoms with E-state index in [2.05, 4.69) is 4.90 Å². The minimum absolute atomic E-state index is 0.00931. The summed E-state index contributed by atoms with van der Waals surface area (Å²) in [4.78, 5) is 41.6. The second kappa shape index (κ2) is 8.03. The lowest BCUT2D eigenvalue weighted by Crippen LogP contribution is -2.50. The van der Waals surface area contributed by atoms with Gasteiger partial charge in [-0.1, -0.05) is 0 Å². The van der Waals surface area contributed by atoms with Crippen molar-refractivity contribution in [3.63, 3.8) is 0 Å². The van der Waals surface area contributed by atoms with Crippen LogP contribution in [0.1, 0.15) is 6.42 Å². The number of benzene rings is 2. The summed E-state index contributed by atoms with van der Waals surface area (Å²) in [6.45, 7) is 2.88. The summed E-state index contributed by atoms with van der Waals surface area (Å²) >= 11 is 0. The third-order valence-corrected chi connectivity index (χ3v) is 6.16. The molecule has 5 rings (SSSR count). The lowest BCUT2D eigenvalue weighted by molar-refractivity contribution is -0.384. The van der Waals surface area contributed by atoms with Gasteiger partial charge in [-0.15, -0.1) is 0 Å². The number of nitrogens with zero attached hydrogens (tertiary/aromatic N) is 4. The zero-order valence-corrected chi connectivity index (χ0v) is 17.3. The minimum Gasteiger partial charge on any atom is -0.454 e. The summed E-state index contributed by atoms with van der Waals surface area (Å²) in [6.07, 6.45) is 0.190. The Morgan fingerprint density at radius 3 is 2.38 bits per heavy atom. The fourth-order valence-corrected chi connectivity index (χ4v) is 4.40. The van der Waals surface area contributed by atoms with E-state index in [0.717, 1.165) is 5.69 Å². The Kier molecular flexibility index (Phi) is 5.04. The lowest BCUT2D eigenvalue weighted by atomic mass is 10.1. The average molecular weight is 438 g/mol. The molecule has 0 aromatic heterocycles.